The summed E-state index contributed by atoms with van der Waals surface area (Å²) in [5.41, 5.74) is -0.799. The number of halogens is 3. The molecule has 1 unspecified atom stereocenters. The maximum Gasteiger partial charge on any atom is 0.436 e. The molecule has 1 fully saturated rings. The summed E-state index contributed by atoms with van der Waals surface area (Å²) >= 11 is 0. The molecule has 2 rings (SSSR count). The van der Waals surface area contributed by atoms with Gasteiger partial charge in [-0.05, 0) is 30.2 Å². The lowest BCUT2D eigenvalue weighted by atomic mass is 10.2. The van der Waals surface area contributed by atoms with Crippen LogP contribution in [0.3, 0.4) is 0 Å². The predicted octanol–water partition coefficient (Wildman–Crippen LogP) is 3.05. The summed E-state index contributed by atoms with van der Waals surface area (Å²) in [4.78, 5) is 13.7. The van der Waals surface area contributed by atoms with Crippen molar-refractivity contribution < 1.29 is 32.5 Å². The van der Waals surface area contributed by atoms with Crippen LogP contribution in [0.4, 0.5) is 13.2 Å². The largest absolute Gasteiger partial charge is 0.487 e. The summed E-state index contributed by atoms with van der Waals surface area (Å²) in [6.45, 7) is 1.84. The van der Waals surface area contributed by atoms with E-state index in [1.54, 1.807) is 31.2 Å². The van der Waals surface area contributed by atoms with Crippen LogP contribution in [-0.2, 0) is 16.1 Å². The molecule has 1 amide bonds. The lowest BCUT2D eigenvalue weighted by molar-refractivity contribution is -0.132. The summed E-state index contributed by atoms with van der Waals surface area (Å²) in [6.07, 6.45) is -3.49. The highest BCUT2D eigenvalue weighted by Gasteiger charge is 2.39. The highest BCUT2D eigenvalue weighted by atomic mass is 19.4. The van der Waals surface area contributed by atoms with E-state index in [-0.39, 0.29) is 25.7 Å². The molecule has 154 valence electrons. The second kappa shape index (κ2) is 9.59. The molecule has 1 saturated heterocycles. The van der Waals surface area contributed by atoms with Crippen LogP contribution in [0.15, 0.2) is 36.1 Å². The molecule has 1 aromatic rings. The fourth-order valence-electron chi connectivity index (χ4n) is 2.69. The topological polar surface area (TPSA) is 82.8 Å². The molecule has 1 aliphatic heterocycles. The number of allylic oxidation sites excluding steroid dienone is 2. The van der Waals surface area contributed by atoms with Crippen molar-refractivity contribution in [2.75, 3.05) is 19.7 Å². The molecule has 28 heavy (non-hydrogen) atoms. The molecular formula is C19H23F3N2O4. The highest BCUT2D eigenvalue weighted by Crippen LogP contribution is 2.25. The van der Waals surface area contributed by atoms with Gasteiger partial charge in [0, 0.05) is 13.0 Å². The van der Waals surface area contributed by atoms with Gasteiger partial charge < -0.3 is 19.5 Å². The van der Waals surface area contributed by atoms with Crippen LogP contribution in [0.2, 0.25) is 0 Å². The molecule has 1 aromatic carbocycles. The zero-order valence-corrected chi connectivity index (χ0v) is 15.5. The van der Waals surface area contributed by atoms with Crippen molar-refractivity contribution in [2.45, 2.75) is 38.7 Å². The molecule has 6 nitrogen and oxygen atoms in total. The maximum absolute atomic E-state index is 12.8. The minimum atomic E-state index is -4.78. The van der Waals surface area contributed by atoms with Gasteiger partial charge in [0.2, 0.25) is 0 Å². The predicted molar refractivity (Wildman–Crippen MR) is 96.1 cm³/mol. The molecular weight excluding hydrogens is 377 g/mol. The second-order valence-electron chi connectivity index (χ2n) is 6.31. The van der Waals surface area contributed by atoms with Gasteiger partial charge in [-0.25, -0.2) is 0 Å². The number of hydrogen-bond donors (Lipinski definition) is 2. The summed E-state index contributed by atoms with van der Waals surface area (Å²) in [7, 11) is 0. The number of aliphatic hydroxyl groups is 1. The molecule has 0 aromatic heterocycles. The monoisotopic (exact) mass is 400 g/mol. The second-order valence-corrected chi connectivity index (χ2v) is 6.31. The quantitative estimate of drug-likeness (QED) is 0.519. The minimum Gasteiger partial charge on any atom is -0.487 e. The number of nitrogens with zero attached hydrogens (tertiary/aromatic N) is 1. The van der Waals surface area contributed by atoms with Gasteiger partial charge >= 0.3 is 6.18 Å². The van der Waals surface area contributed by atoms with E-state index in [4.69, 9.17) is 20.0 Å². The Morgan fingerprint density at radius 2 is 2.04 bits per heavy atom. The Balaban J connectivity index is 1.86. The fraction of sp³-hybridized carbons (Fsp3) is 0.474. The van der Waals surface area contributed by atoms with Gasteiger partial charge in [-0.1, -0.05) is 19.1 Å². The molecule has 9 heteroatoms. The Morgan fingerprint density at radius 1 is 1.36 bits per heavy atom. The molecule has 0 bridgehead atoms. The van der Waals surface area contributed by atoms with E-state index < -0.39 is 23.8 Å². The van der Waals surface area contributed by atoms with E-state index >= 15 is 0 Å². The molecule has 0 radical (unpaired) electrons. The number of ether oxygens (including phenoxy) is 2. The average Bonchev–Trinajstić information content (AvgIpc) is 3.13. The molecule has 0 aliphatic carbocycles. The molecule has 2 N–H and O–H groups in total. The Morgan fingerprint density at radius 3 is 2.61 bits per heavy atom. The van der Waals surface area contributed by atoms with Crippen molar-refractivity contribution in [3.05, 3.63) is 41.7 Å². The van der Waals surface area contributed by atoms with Gasteiger partial charge in [-0.2, -0.15) is 13.2 Å². The standard InChI is InChI=1S/C19H23F3N2O4/c1-2-3-16(18(23)19(20,21)22)28-15-8-9-24(10-15)17(26)12-27-14-6-4-13(11-25)5-7-14/h3-7,15,23,25H,2,8-12H2,1H3/b16-3+,23-18?. The van der Waals surface area contributed by atoms with Gasteiger partial charge in [-0.3, -0.25) is 10.2 Å². The van der Waals surface area contributed by atoms with Crippen LogP contribution in [-0.4, -0.2) is 53.6 Å². The normalized spacial score (nSPS) is 17.5. The number of carbonyl (C=O) groups excluding carboxylic acids is 1. The third-order valence-electron chi connectivity index (χ3n) is 4.18. The molecule has 0 spiro atoms. The van der Waals surface area contributed by atoms with Crippen molar-refractivity contribution >= 4 is 11.6 Å². The van der Waals surface area contributed by atoms with Crippen molar-refractivity contribution in [1.29, 1.82) is 5.41 Å². The van der Waals surface area contributed by atoms with Crippen molar-refractivity contribution in [3.63, 3.8) is 0 Å². The van der Waals surface area contributed by atoms with E-state index in [9.17, 15) is 18.0 Å². The first kappa shape index (κ1) is 21.7. The number of benzene rings is 1. The van der Waals surface area contributed by atoms with Crippen LogP contribution in [0, 0.1) is 5.41 Å². The Hall–Kier alpha value is -2.55. The zero-order chi connectivity index (χ0) is 20.7. The van der Waals surface area contributed by atoms with Crippen LogP contribution in [0.25, 0.3) is 0 Å². The van der Waals surface area contributed by atoms with Crippen LogP contribution in [0.5, 0.6) is 5.75 Å². The fourth-order valence-corrected chi connectivity index (χ4v) is 2.69. The van der Waals surface area contributed by atoms with E-state index in [1.165, 1.54) is 11.0 Å². The number of aliphatic hydroxyl groups excluding tert-OH is 1. The molecule has 1 aliphatic rings. The first-order valence-corrected chi connectivity index (χ1v) is 8.87. The van der Waals surface area contributed by atoms with Crippen LogP contribution in [0.1, 0.15) is 25.3 Å². The van der Waals surface area contributed by atoms with Gasteiger partial charge in [0.25, 0.3) is 5.91 Å². The summed E-state index contributed by atoms with van der Waals surface area (Å²) in [6, 6.07) is 6.63. The van der Waals surface area contributed by atoms with E-state index in [2.05, 4.69) is 0 Å². The highest BCUT2D eigenvalue weighted by molar-refractivity contribution is 6.00. The minimum absolute atomic E-state index is 0.0886. The van der Waals surface area contributed by atoms with E-state index in [1.807, 2.05) is 0 Å². The van der Waals surface area contributed by atoms with Gasteiger partial charge in [0.1, 0.15) is 17.6 Å². The number of amides is 1. The Kier molecular flexibility index (Phi) is 7.45. The van der Waals surface area contributed by atoms with E-state index in [0.29, 0.717) is 25.1 Å². The number of alkyl halides is 3. The summed E-state index contributed by atoms with van der Waals surface area (Å²) in [5, 5.41) is 16.3. The average molecular weight is 400 g/mol. The number of hydrogen-bond acceptors (Lipinski definition) is 5. The van der Waals surface area contributed by atoms with Gasteiger partial charge in [0.05, 0.1) is 13.2 Å². The summed E-state index contributed by atoms with van der Waals surface area (Å²) < 4.78 is 49.1. The third-order valence-corrected chi connectivity index (χ3v) is 4.18. The Labute approximate surface area is 161 Å². The van der Waals surface area contributed by atoms with Crippen molar-refractivity contribution in [2.24, 2.45) is 0 Å². The van der Waals surface area contributed by atoms with Crippen LogP contribution >= 0.6 is 0 Å². The molecule has 0 saturated carbocycles. The third kappa shape index (κ3) is 5.98. The van der Waals surface area contributed by atoms with E-state index in [0.717, 1.165) is 5.56 Å². The number of rotatable bonds is 8. The number of likely N-dealkylation sites (tertiary alicyclic amines) is 1. The summed E-state index contributed by atoms with van der Waals surface area (Å²) in [5.74, 6) is -0.330. The van der Waals surface area contributed by atoms with Crippen LogP contribution < -0.4 is 4.74 Å². The number of carbonyl (C=O) groups is 1. The zero-order valence-electron chi connectivity index (χ0n) is 15.5. The molecule has 1 atom stereocenters. The van der Waals surface area contributed by atoms with Crippen molar-refractivity contribution in [1.82, 2.24) is 4.90 Å². The lowest BCUT2D eigenvalue weighted by Crippen LogP contribution is -2.34. The lowest BCUT2D eigenvalue weighted by Gasteiger charge is -2.20. The smallest absolute Gasteiger partial charge is 0.436 e. The SMILES string of the molecule is CC/C=C(/OC1CCN(C(=O)COc2ccc(CO)cc2)C1)C(=N)C(F)(F)F. The van der Waals surface area contributed by atoms with Gasteiger partial charge in [0.15, 0.2) is 12.3 Å². The first-order chi connectivity index (χ1) is 13.2. The van der Waals surface area contributed by atoms with Crippen molar-refractivity contribution in [3.8, 4) is 5.75 Å². The van der Waals surface area contributed by atoms with Gasteiger partial charge in [-0.15, -0.1) is 0 Å². The Bertz CT molecular complexity index is 717. The first-order valence-electron chi connectivity index (χ1n) is 8.87. The molecule has 1 heterocycles. The number of nitrogens with one attached hydrogen (secondary N) is 1. The maximum atomic E-state index is 12.8.